The van der Waals surface area contributed by atoms with Gasteiger partial charge in [0, 0.05) is 61.9 Å². The Kier molecular flexibility index (Phi) is 6.30. The predicted octanol–water partition coefficient (Wildman–Crippen LogP) is 4.55. The number of rotatable bonds is 5. The van der Waals surface area contributed by atoms with Crippen LogP contribution in [0.15, 0.2) is 30.5 Å². The van der Waals surface area contributed by atoms with E-state index in [1.54, 1.807) is 0 Å². The zero-order valence-corrected chi connectivity index (χ0v) is 18.3. The first kappa shape index (κ1) is 20.8. The molecular formula is C24H34N4O2. The number of aromatic nitrogens is 1. The molecule has 1 N–H and O–H groups in total. The van der Waals surface area contributed by atoms with E-state index in [0.29, 0.717) is 44.4 Å². The van der Waals surface area contributed by atoms with Crippen molar-refractivity contribution in [1.82, 2.24) is 14.4 Å². The van der Waals surface area contributed by atoms with Crippen LogP contribution in [0.2, 0.25) is 0 Å². The van der Waals surface area contributed by atoms with E-state index in [2.05, 4.69) is 42.1 Å². The van der Waals surface area contributed by atoms with Gasteiger partial charge in [-0.1, -0.05) is 26.7 Å². The van der Waals surface area contributed by atoms with E-state index in [4.69, 9.17) is 0 Å². The Morgan fingerprint density at radius 3 is 2.43 bits per heavy atom. The lowest BCUT2D eigenvalue weighted by atomic mass is 10.0. The number of fused-ring (bicyclic) bond motifs is 1. The summed E-state index contributed by atoms with van der Waals surface area (Å²) in [5.41, 5.74) is 2.01. The summed E-state index contributed by atoms with van der Waals surface area (Å²) in [5, 5.41) is 4.17. The number of nitrogens with one attached hydrogen (secondary N) is 1. The zero-order valence-electron chi connectivity index (χ0n) is 18.3. The summed E-state index contributed by atoms with van der Waals surface area (Å²) < 4.78 is 2.26. The van der Waals surface area contributed by atoms with Gasteiger partial charge in [-0.05, 0) is 48.9 Å². The molecule has 2 fully saturated rings. The van der Waals surface area contributed by atoms with E-state index in [9.17, 15) is 9.59 Å². The van der Waals surface area contributed by atoms with Crippen molar-refractivity contribution in [3.63, 3.8) is 0 Å². The molecule has 0 spiro atoms. The summed E-state index contributed by atoms with van der Waals surface area (Å²) in [6.45, 7) is 7.86. The Morgan fingerprint density at radius 2 is 1.73 bits per heavy atom. The molecule has 3 amide bonds. The monoisotopic (exact) mass is 410 g/mol. The molecule has 0 radical (unpaired) electrons. The van der Waals surface area contributed by atoms with Crippen molar-refractivity contribution in [3.05, 3.63) is 30.5 Å². The predicted molar refractivity (Wildman–Crippen MR) is 121 cm³/mol. The molecule has 1 aliphatic carbocycles. The largest absolute Gasteiger partial charge is 0.347 e. The first-order chi connectivity index (χ1) is 14.5. The number of hydrogen-bond donors (Lipinski definition) is 1. The third-order valence-electron chi connectivity index (χ3n) is 6.44. The number of amides is 3. The Morgan fingerprint density at radius 1 is 1.03 bits per heavy atom. The average Bonchev–Trinajstić information content (AvgIpc) is 3.37. The topological polar surface area (TPSA) is 57.6 Å². The van der Waals surface area contributed by atoms with Gasteiger partial charge in [0.2, 0.25) is 5.91 Å². The van der Waals surface area contributed by atoms with Crippen LogP contribution in [-0.4, -0.2) is 52.5 Å². The fraction of sp³-hybridized carbons (Fsp3) is 0.583. The van der Waals surface area contributed by atoms with E-state index in [0.717, 1.165) is 17.6 Å². The maximum Gasteiger partial charge on any atom is 0.321 e. The maximum absolute atomic E-state index is 12.7. The second-order valence-corrected chi connectivity index (χ2v) is 9.29. The number of carbonyl (C=O) groups excluding carboxylic acids is 2. The highest BCUT2D eigenvalue weighted by atomic mass is 16.2. The van der Waals surface area contributed by atoms with Gasteiger partial charge in [0.1, 0.15) is 0 Å². The van der Waals surface area contributed by atoms with Crippen molar-refractivity contribution in [2.45, 2.75) is 52.5 Å². The van der Waals surface area contributed by atoms with Crippen LogP contribution in [0.25, 0.3) is 10.9 Å². The molecule has 1 saturated heterocycles. The Hall–Kier alpha value is -2.50. The summed E-state index contributed by atoms with van der Waals surface area (Å²) in [7, 11) is 0. The standard InChI is InChI=1S/C24H34N4O2/c1-18(2)17-28-10-9-20-16-21(7-8-22(20)28)25-24(30)27-13-11-26(12-14-27)23(29)15-19-5-3-4-6-19/h7-10,16,18-19H,3-6,11-15,17H2,1-2H3,(H,25,30). The highest BCUT2D eigenvalue weighted by molar-refractivity contribution is 5.93. The van der Waals surface area contributed by atoms with Crippen LogP contribution in [0.4, 0.5) is 10.5 Å². The summed E-state index contributed by atoms with van der Waals surface area (Å²) in [6.07, 6.45) is 7.71. The molecule has 30 heavy (non-hydrogen) atoms. The van der Waals surface area contributed by atoms with E-state index in [1.165, 1.54) is 31.2 Å². The minimum Gasteiger partial charge on any atom is -0.347 e. The van der Waals surface area contributed by atoms with E-state index < -0.39 is 0 Å². The lowest BCUT2D eigenvalue weighted by Crippen LogP contribution is -2.51. The van der Waals surface area contributed by atoms with Gasteiger partial charge in [-0.2, -0.15) is 0 Å². The third kappa shape index (κ3) is 4.79. The molecule has 1 aliphatic heterocycles. The summed E-state index contributed by atoms with van der Waals surface area (Å²) in [4.78, 5) is 29.0. The van der Waals surface area contributed by atoms with Gasteiger partial charge in [-0.25, -0.2) is 4.79 Å². The van der Waals surface area contributed by atoms with Crippen LogP contribution in [0.3, 0.4) is 0 Å². The highest BCUT2D eigenvalue weighted by Crippen LogP contribution is 2.28. The number of hydrogen-bond acceptors (Lipinski definition) is 2. The first-order valence-electron chi connectivity index (χ1n) is 11.4. The van der Waals surface area contributed by atoms with Crippen molar-refractivity contribution in [2.75, 3.05) is 31.5 Å². The minimum absolute atomic E-state index is 0.0844. The molecule has 0 unspecified atom stereocenters. The molecule has 162 valence electrons. The van der Waals surface area contributed by atoms with Crippen LogP contribution in [0.5, 0.6) is 0 Å². The molecule has 4 rings (SSSR count). The number of piperazine rings is 1. The highest BCUT2D eigenvalue weighted by Gasteiger charge is 2.26. The second-order valence-electron chi connectivity index (χ2n) is 9.29. The third-order valence-corrected chi connectivity index (χ3v) is 6.44. The smallest absolute Gasteiger partial charge is 0.321 e. The van der Waals surface area contributed by atoms with Gasteiger partial charge >= 0.3 is 6.03 Å². The van der Waals surface area contributed by atoms with Crippen LogP contribution in [-0.2, 0) is 11.3 Å². The fourth-order valence-corrected chi connectivity index (χ4v) is 4.78. The van der Waals surface area contributed by atoms with Crippen molar-refractivity contribution in [2.24, 2.45) is 11.8 Å². The van der Waals surface area contributed by atoms with Gasteiger partial charge in [-0.15, -0.1) is 0 Å². The Bertz CT molecular complexity index is 890. The Labute approximate surface area is 179 Å². The van der Waals surface area contributed by atoms with E-state index in [-0.39, 0.29) is 11.9 Å². The molecule has 1 saturated carbocycles. The average molecular weight is 411 g/mol. The van der Waals surface area contributed by atoms with Gasteiger partial charge in [0.25, 0.3) is 0 Å². The SMILES string of the molecule is CC(C)Cn1ccc2cc(NC(=O)N3CCN(C(=O)CC4CCCC4)CC3)ccc21. The normalized spacial score (nSPS) is 17.8. The Balaban J connectivity index is 1.29. The second kappa shape index (κ2) is 9.11. The molecule has 0 atom stereocenters. The first-order valence-corrected chi connectivity index (χ1v) is 11.4. The molecule has 2 aliphatic rings. The number of nitrogens with zero attached hydrogens (tertiary/aromatic N) is 3. The fourth-order valence-electron chi connectivity index (χ4n) is 4.78. The number of benzene rings is 1. The van der Waals surface area contributed by atoms with E-state index >= 15 is 0 Å². The van der Waals surface area contributed by atoms with Gasteiger partial charge in [0.15, 0.2) is 0 Å². The van der Waals surface area contributed by atoms with Crippen LogP contribution < -0.4 is 5.32 Å². The number of anilines is 1. The van der Waals surface area contributed by atoms with Crippen molar-refractivity contribution < 1.29 is 9.59 Å². The van der Waals surface area contributed by atoms with Crippen LogP contribution in [0, 0.1) is 11.8 Å². The van der Waals surface area contributed by atoms with Crippen LogP contribution >= 0.6 is 0 Å². The summed E-state index contributed by atoms with van der Waals surface area (Å²) in [6, 6.07) is 8.10. The molecule has 2 heterocycles. The molecule has 1 aromatic carbocycles. The summed E-state index contributed by atoms with van der Waals surface area (Å²) in [5.74, 6) is 1.42. The van der Waals surface area contributed by atoms with Crippen LogP contribution in [0.1, 0.15) is 46.0 Å². The number of carbonyl (C=O) groups is 2. The molecule has 0 bridgehead atoms. The lowest BCUT2D eigenvalue weighted by molar-refractivity contribution is -0.133. The van der Waals surface area contributed by atoms with Gasteiger partial charge < -0.3 is 19.7 Å². The quantitative estimate of drug-likeness (QED) is 0.786. The van der Waals surface area contributed by atoms with E-state index in [1.807, 2.05) is 21.9 Å². The van der Waals surface area contributed by atoms with Crippen molar-refractivity contribution in [1.29, 1.82) is 0 Å². The zero-order chi connectivity index (χ0) is 21.1. The molecular weight excluding hydrogens is 376 g/mol. The van der Waals surface area contributed by atoms with Crippen molar-refractivity contribution in [3.8, 4) is 0 Å². The lowest BCUT2D eigenvalue weighted by Gasteiger charge is -2.35. The molecule has 6 nitrogen and oxygen atoms in total. The van der Waals surface area contributed by atoms with Gasteiger partial charge in [-0.3, -0.25) is 4.79 Å². The molecule has 6 heteroatoms. The van der Waals surface area contributed by atoms with Gasteiger partial charge in [0.05, 0.1) is 0 Å². The molecule has 1 aromatic heterocycles. The molecule has 2 aromatic rings. The summed E-state index contributed by atoms with van der Waals surface area (Å²) >= 11 is 0. The maximum atomic E-state index is 12.7. The number of urea groups is 1. The minimum atomic E-state index is -0.0844. The van der Waals surface area contributed by atoms with Crippen molar-refractivity contribution >= 4 is 28.5 Å².